The Labute approximate surface area is 144 Å². The first-order chi connectivity index (χ1) is 11.4. The summed E-state index contributed by atoms with van der Waals surface area (Å²) in [6.07, 6.45) is 3.29. The molecule has 0 N–H and O–H groups in total. The Kier molecular flexibility index (Phi) is 4.97. The number of anilines is 1. The molecule has 0 radical (unpaired) electrons. The van der Waals surface area contributed by atoms with E-state index in [0.29, 0.717) is 42.8 Å². The number of carbonyl (C=O) groups excluding carboxylic acids is 1. The molecule has 1 aromatic rings. The average molecular weight is 350 g/mol. The summed E-state index contributed by atoms with van der Waals surface area (Å²) in [6.45, 7) is 6.31. The third-order valence-electron chi connectivity index (χ3n) is 5.30. The first kappa shape index (κ1) is 17.4. The molecule has 6 heteroatoms. The number of rotatable bonds is 4. The molecule has 2 heterocycles. The van der Waals surface area contributed by atoms with Crippen molar-refractivity contribution in [3.05, 3.63) is 24.3 Å². The van der Waals surface area contributed by atoms with Gasteiger partial charge in [-0.05, 0) is 55.4 Å². The van der Waals surface area contributed by atoms with Gasteiger partial charge in [-0.15, -0.1) is 0 Å². The first-order valence-electron chi connectivity index (χ1n) is 8.80. The number of benzene rings is 1. The van der Waals surface area contributed by atoms with Crippen LogP contribution in [-0.2, 0) is 14.8 Å². The van der Waals surface area contributed by atoms with E-state index in [1.807, 2.05) is 0 Å². The molecule has 0 saturated carbocycles. The van der Waals surface area contributed by atoms with E-state index in [9.17, 15) is 13.2 Å². The van der Waals surface area contributed by atoms with E-state index in [-0.39, 0.29) is 5.91 Å². The molecule has 5 nitrogen and oxygen atoms in total. The number of amides is 1. The van der Waals surface area contributed by atoms with Crippen LogP contribution in [0.15, 0.2) is 29.2 Å². The van der Waals surface area contributed by atoms with Crippen LogP contribution < -0.4 is 4.90 Å². The molecule has 1 aromatic carbocycles. The number of sulfonamides is 1. The third-order valence-corrected chi connectivity index (χ3v) is 7.21. The Morgan fingerprint density at radius 3 is 2.17 bits per heavy atom. The van der Waals surface area contributed by atoms with Crippen LogP contribution in [0.3, 0.4) is 0 Å². The van der Waals surface area contributed by atoms with E-state index < -0.39 is 10.0 Å². The molecule has 2 aliphatic heterocycles. The summed E-state index contributed by atoms with van der Waals surface area (Å²) in [5.41, 5.74) is 0.787. The van der Waals surface area contributed by atoms with E-state index in [4.69, 9.17) is 0 Å². The van der Waals surface area contributed by atoms with Gasteiger partial charge in [-0.2, -0.15) is 4.31 Å². The van der Waals surface area contributed by atoms with Crippen molar-refractivity contribution >= 4 is 21.6 Å². The van der Waals surface area contributed by atoms with Gasteiger partial charge in [0.15, 0.2) is 0 Å². The summed E-state index contributed by atoms with van der Waals surface area (Å²) in [7, 11) is -3.44. The molecule has 2 saturated heterocycles. The fourth-order valence-electron chi connectivity index (χ4n) is 3.65. The molecule has 0 spiro atoms. The van der Waals surface area contributed by atoms with Gasteiger partial charge in [0.05, 0.1) is 4.90 Å². The SMILES string of the molecule is CC(C)C1CCN(S(=O)(=O)c2ccc(N3CCCC3=O)cc2)CC1. The lowest BCUT2D eigenvalue weighted by atomic mass is 9.87. The van der Waals surface area contributed by atoms with Crippen LogP contribution in [0, 0.1) is 11.8 Å². The maximum atomic E-state index is 12.8. The smallest absolute Gasteiger partial charge is 0.243 e. The Bertz CT molecular complexity index is 689. The van der Waals surface area contributed by atoms with Gasteiger partial charge in [0.25, 0.3) is 0 Å². The Balaban J connectivity index is 1.72. The molecule has 0 bridgehead atoms. The molecule has 0 atom stereocenters. The minimum absolute atomic E-state index is 0.112. The van der Waals surface area contributed by atoms with E-state index in [1.165, 1.54) is 0 Å². The third kappa shape index (κ3) is 3.35. The van der Waals surface area contributed by atoms with Crippen molar-refractivity contribution in [1.29, 1.82) is 0 Å². The van der Waals surface area contributed by atoms with Crippen molar-refractivity contribution in [2.75, 3.05) is 24.5 Å². The highest BCUT2D eigenvalue weighted by Gasteiger charge is 2.30. The molecule has 0 aromatic heterocycles. The molecule has 1 amide bonds. The maximum Gasteiger partial charge on any atom is 0.243 e. The van der Waals surface area contributed by atoms with Crippen LogP contribution in [0.1, 0.15) is 39.5 Å². The standard InChI is InChI=1S/C18H26N2O3S/c1-14(2)15-9-12-19(13-10-15)24(22,23)17-7-5-16(6-8-17)20-11-3-4-18(20)21/h5-8,14-15H,3-4,9-13H2,1-2H3. The summed E-state index contributed by atoms with van der Waals surface area (Å²) >= 11 is 0. The number of hydrogen-bond donors (Lipinski definition) is 0. The van der Waals surface area contributed by atoms with Crippen molar-refractivity contribution in [2.24, 2.45) is 11.8 Å². The molecule has 2 aliphatic rings. The zero-order valence-corrected chi connectivity index (χ0v) is 15.3. The zero-order valence-electron chi connectivity index (χ0n) is 14.4. The van der Waals surface area contributed by atoms with Crippen molar-refractivity contribution in [1.82, 2.24) is 4.31 Å². The van der Waals surface area contributed by atoms with Gasteiger partial charge < -0.3 is 4.90 Å². The van der Waals surface area contributed by atoms with E-state index in [2.05, 4.69) is 13.8 Å². The van der Waals surface area contributed by atoms with Gasteiger partial charge in [0.1, 0.15) is 0 Å². The monoisotopic (exact) mass is 350 g/mol. The molecule has 0 unspecified atom stereocenters. The summed E-state index contributed by atoms with van der Waals surface area (Å²) in [5, 5.41) is 0. The highest BCUT2D eigenvalue weighted by molar-refractivity contribution is 7.89. The van der Waals surface area contributed by atoms with Gasteiger partial charge in [-0.25, -0.2) is 8.42 Å². The summed E-state index contributed by atoms with van der Waals surface area (Å²) < 4.78 is 27.2. The van der Waals surface area contributed by atoms with E-state index in [1.54, 1.807) is 33.5 Å². The summed E-state index contributed by atoms with van der Waals surface area (Å²) in [4.78, 5) is 13.8. The largest absolute Gasteiger partial charge is 0.312 e. The topological polar surface area (TPSA) is 57.7 Å². The summed E-state index contributed by atoms with van der Waals surface area (Å²) in [5.74, 6) is 1.33. The highest BCUT2D eigenvalue weighted by atomic mass is 32.2. The fourth-order valence-corrected chi connectivity index (χ4v) is 5.12. The van der Waals surface area contributed by atoms with Crippen LogP contribution in [0.2, 0.25) is 0 Å². The van der Waals surface area contributed by atoms with Gasteiger partial charge in [-0.1, -0.05) is 13.8 Å². The second-order valence-electron chi connectivity index (χ2n) is 7.13. The Morgan fingerprint density at radius 1 is 1.04 bits per heavy atom. The van der Waals surface area contributed by atoms with Crippen LogP contribution in [0.25, 0.3) is 0 Å². The van der Waals surface area contributed by atoms with Crippen molar-refractivity contribution < 1.29 is 13.2 Å². The second kappa shape index (κ2) is 6.84. The lowest BCUT2D eigenvalue weighted by Gasteiger charge is -2.33. The number of nitrogens with zero attached hydrogens (tertiary/aromatic N) is 2. The van der Waals surface area contributed by atoms with Crippen molar-refractivity contribution in [3.63, 3.8) is 0 Å². The van der Waals surface area contributed by atoms with E-state index in [0.717, 1.165) is 24.9 Å². The van der Waals surface area contributed by atoms with Gasteiger partial charge in [0.2, 0.25) is 15.9 Å². The minimum Gasteiger partial charge on any atom is -0.312 e. The molecule has 24 heavy (non-hydrogen) atoms. The van der Waals surface area contributed by atoms with Crippen LogP contribution >= 0.6 is 0 Å². The Morgan fingerprint density at radius 2 is 1.67 bits per heavy atom. The Hall–Kier alpha value is -1.40. The lowest BCUT2D eigenvalue weighted by Crippen LogP contribution is -2.39. The maximum absolute atomic E-state index is 12.8. The summed E-state index contributed by atoms with van der Waals surface area (Å²) in [6, 6.07) is 6.75. The van der Waals surface area contributed by atoms with E-state index >= 15 is 0 Å². The number of hydrogen-bond acceptors (Lipinski definition) is 3. The molecule has 2 fully saturated rings. The number of carbonyl (C=O) groups is 1. The molecular formula is C18H26N2O3S. The zero-order chi connectivity index (χ0) is 17.3. The second-order valence-corrected chi connectivity index (χ2v) is 9.07. The fraction of sp³-hybridized carbons (Fsp3) is 0.611. The molecule has 0 aliphatic carbocycles. The minimum atomic E-state index is -3.44. The molecular weight excluding hydrogens is 324 g/mol. The first-order valence-corrected chi connectivity index (χ1v) is 10.2. The highest BCUT2D eigenvalue weighted by Crippen LogP contribution is 2.29. The van der Waals surface area contributed by atoms with Crippen molar-refractivity contribution in [3.8, 4) is 0 Å². The number of piperidine rings is 1. The van der Waals surface area contributed by atoms with Gasteiger partial charge >= 0.3 is 0 Å². The predicted molar refractivity (Wildman–Crippen MR) is 94.3 cm³/mol. The van der Waals surface area contributed by atoms with Gasteiger partial charge in [-0.3, -0.25) is 4.79 Å². The normalized spacial score (nSPS) is 21.0. The average Bonchev–Trinajstić information content (AvgIpc) is 3.01. The predicted octanol–water partition coefficient (Wildman–Crippen LogP) is 2.87. The molecule has 3 rings (SSSR count). The van der Waals surface area contributed by atoms with Gasteiger partial charge in [0, 0.05) is 31.7 Å². The van der Waals surface area contributed by atoms with Crippen LogP contribution in [0.4, 0.5) is 5.69 Å². The van der Waals surface area contributed by atoms with Crippen molar-refractivity contribution in [2.45, 2.75) is 44.4 Å². The molecule has 132 valence electrons. The lowest BCUT2D eigenvalue weighted by molar-refractivity contribution is -0.117. The van der Waals surface area contributed by atoms with Crippen LogP contribution in [0.5, 0.6) is 0 Å². The quantitative estimate of drug-likeness (QED) is 0.839. The van der Waals surface area contributed by atoms with Crippen LogP contribution in [-0.4, -0.2) is 38.3 Å².